The maximum atomic E-state index is 11.7. The minimum atomic E-state index is -0.0486. The number of hydrogen-bond acceptors (Lipinski definition) is 6. The lowest BCUT2D eigenvalue weighted by atomic mass is 10.1. The van der Waals surface area contributed by atoms with Crippen molar-refractivity contribution in [1.82, 2.24) is 19.7 Å². The van der Waals surface area contributed by atoms with Crippen LogP contribution < -0.4 is 10.1 Å². The zero-order valence-corrected chi connectivity index (χ0v) is 17.8. The topological polar surface area (TPSA) is 72.3 Å². The first-order valence-electron chi connectivity index (χ1n) is 9.91. The van der Waals surface area contributed by atoms with Gasteiger partial charge in [0.05, 0.1) is 35.1 Å². The molecule has 31 heavy (non-hydrogen) atoms. The number of nitrogens with one attached hydrogen (secondary N) is 1. The van der Waals surface area contributed by atoms with E-state index in [9.17, 15) is 4.79 Å². The molecule has 4 aromatic rings. The van der Waals surface area contributed by atoms with Crippen LogP contribution in [0, 0.1) is 0 Å². The van der Waals surface area contributed by atoms with Gasteiger partial charge in [-0.25, -0.2) is 4.98 Å². The summed E-state index contributed by atoms with van der Waals surface area (Å²) in [6, 6.07) is 12.2. The first-order valence-corrected chi connectivity index (χ1v) is 10.8. The van der Waals surface area contributed by atoms with E-state index in [1.54, 1.807) is 23.3 Å². The second-order valence-electron chi connectivity index (χ2n) is 7.31. The molecule has 3 aromatic heterocycles. The molecule has 0 spiro atoms. The van der Waals surface area contributed by atoms with Crippen molar-refractivity contribution in [2.75, 3.05) is 25.5 Å². The Kier molecular flexibility index (Phi) is 4.91. The van der Waals surface area contributed by atoms with Crippen molar-refractivity contribution in [2.45, 2.75) is 6.04 Å². The summed E-state index contributed by atoms with van der Waals surface area (Å²) in [6.07, 6.45) is 5.14. The molecular weight excluding hydrogens is 410 g/mol. The van der Waals surface area contributed by atoms with Gasteiger partial charge >= 0.3 is 0 Å². The van der Waals surface area contributed by atoms with Gasteiger partial charge in [-0.2, -0.15) is 5.10 Å². The van der Waals surface area contributed by atoms with Crippen molar-refractivity contribution in [3.05, 3.63) is 66.8 Å². The Morgan fingerprint density at radius 1 is 1.29 bits per heavy atom. The van der Waals surface area contributed by atoms with Crippen LogP contribution in [0.5, 0.6) is 5.88 Å². The van der Waals surface area contributed by atoms with Crippen LogP contribution in [0.2, 0.25) is 0 Å². The van der Waals surface area contributed by atoms with Crippen molar-refractivity contribution >= 4 is 38.7 Å². The molecule has 1 saturated heterocycles. The summed E-state index contributed by atoms with van der Waals surface area (Å²) in [5, 5.41) is 11.1. The average Bonchev–Trinajstić information content (AvgIpc) is 3.44. The number of benzene rings is 1. The van der Waals surface area contributed by atoms with Gasteiger partial charge in [0, 0.05) is 30.5 Å². The highest BCUT2D eigenvalue weighted by Crippen LogP contribution is 2.42. The Bertz CT molecular complexity index is 1260. The number of pyridine rings is 1. The van der Waals surface area contributed by atoms with Gasteiger partial charge in [-0.1, -0.05) is 24.8 Å². The maximum absolute atomic E-state index is 11.7. The number of para-hydroxylation sites is 1. The molecular formula is C23H21N5O2S. The van der Waals surface area contributed by atoms with Crippen molar-refractivity contribution < 1.29 is 9.53 Å². The van der Waals surface area contributed by atoms with Crippen LogP contribution in [-0.2, 0) is 4.79 Å². The predicted octanol–water partition coefficient (Wildman–Crippen LogP) is 4.48. The molecule has 0 bridgehead atoms. The number of likely N-dealkylation sites (tertiary alicyclic amines) is 1. The molecule has 0 radical (unpaired) electrons. The molecule has 1 fully saturated rings. The summed E-state index contributed by atoms with van der Waals surface area (Å²) in [4.78, 5) is 18.3. The molecule has 0 atom stereocenters. The van der Waals surface area contributed by atoms with E-state index in [1.165, 1.54) is 6.08 Å². The van der Waals surface area contributed by atoms with Gasteiger partial charge in [-0.3, -0.25) is 9.48 Å². The van der Waals surface area contributed by atoms with E-state index in [2.05, 4.69) is 17.0 Å². The van der Waals surface area contributed by atoms with Gasteiger partial charge in [0.25, 0.3) is 0 Å². The van der Waals surface area contributed by atoms with Gasteiger partial charge in [-0.15, -0.1) is 11.3 Å². The highest BCUT2D eigenvalue weighted by Gasteiger charge is 2.31. The second-order valence-corrected chi connectivity index (χ2v) is 8.23. The highest BCUT2D eigenvalue weighted by atomic mass is 32.1. The van der Waals surface area contributed by atoms with Crippen LogP contribution in [0.1, 0.15) is 6.04 Å². The summed E-state index contributed by atoms with van der Waals surface area (Å²) in [7, 11) is 1.64. The van der Waals surface area contributed by atoms with Gasteiger partial charge in [-0.05, 0) is 29.7 Å². The van der Waals surface area contributed by atoms with Crippen LogP contribution in [0.4, 0.5) is 11.4 Å². The second kappa shape index (κ2) is 7.88. The van der Waals surface area contributed by atoms with Gasteiger partial charge in [0.1, 0.15) is 5.69 Å². The van der Waals surface area contributed by atoms with Crippen LogP contribution in [0.15, 0.2) is 66.8 Å². The molecule has 0 unspecified atom stereocenters. The molecule has 1 N–H and O–H groups in total. The predicted molar refractivity (Wildman–Crippen MR) is 123 cm³/mol. The van der Waals surface area contributed by atoms with Crippen molar-refractivity contribution in [3.63, 3.8) is 0 Å². The minimum absolute atomic E-state index is 0.0486. The number of carbonyl (C=O) groups is 1. The van der Waals surface area contributed by atoms with Crippen LogP contribution in [0.25, 0.3) is 21.3 Å². The number of hydrogen-bond donors (Lipinski definition) is 1. The zero-order valence-electron chi connectivity index (χ0n) is 17.0. The molecule has 4 heterocycles. The minimum Gasteiger partial charge on any atom is -0.481 e. The first-order chi connectivity index (χ1) is 15.2. The summed E-state index contributed by atoms with van der Waals surface area (Å²) in [5.74, 6) is 0.538. The Hall–Kier alpha value is -3.65. The molecule has 1 aliphatic heterocycles. The number of ether oxygens (including phenoxy) is 1. The fourth-order valence-corrected chi connectivity index (χ4v) is 4.62. The van der Waals surface area contributed by atoms with Gasteiger partial charge in [0.15, 0.2) is 0 Å². The maximum Gasteiger partial charge on any atom is 0.246 e. The van der Waals surface area contributed by atoms with E-state index in [-0.39, 0.29) is 11.9 Å². The Morgan fingerprint density at radius 3 is 2.84 bits per heavy atom. The molecule has 1 aromatic carbocycles. The number of rotatable bonds is 6. The number of carbonyl (C=O) groups excluding carboxylic acids is 1. The molecule has 0 aliphatic carbocycles. The zero-order chi connectivity index (χ0) is 21.4. The van der Waals surface area contributed by atoms with Crippen LogP contribution in [0.3, 0.4) is 0 Å². The number of fused-ring (bicyclic) bond motifs is 1. The fraction of sp³-hybridized carbons (Fsp3) is 0.174. The molecule has 156 valence electrons. The Morgan fingerprint density at radius 2 is 2.10 bits per heavy atom. The molecule has 5 rings (SSSR count). The quantitative estimate of drug-likeness (QED) is 0.456. The molecule has 0 saturated carbocycles. The molecule has 1 amide bonds. The van der Waals surface area contributed by atoms with Crippen LogP contribution >= 0.6 is 11.3 Å². The van der Waals surface area contributed by atoms with E-state index >= 15 is 0 Å². The van der Waals surface area contributed by atoms with Crippen LogP contribution in [-0.4, -0.2) is 45.8 Å². The SMILES string of the molecule is C=CC(=O)N1CC(n2cc(-c3nc(OC)c4ccsc4c3Nc3ccccc3)cn2)C1. The summed E-state index contributed by atoms with van der Waals surface area (Å²) < 4.78 is 8.56. The summed E-state index contributed by atoms with van der Waals surface area (Å²) in [6.45, 7) is 4.80. The standard InChI is InChI=1S/C23H21N5O2S/c1-3-19(29)27-13-17(14-27)28-12-15(11-24-28)20-21(25-16-7-5-4-6-8-16)22-18(9-10-31-22)23(26-20)30-2/h3-12,17,25H,1,13-14H2,2H3. The van der Waals surface area contributed by atoms with E-state index in [4.69, 9.17) is 9.72 Å². The normalized spacial score (nSPS) is 13.8. The number of methoxy groups -OCH3 is 1. The highest BCUT2D eigenvalue weighted by molar-refractivity contribution is 7.18. The number of anilines is 2. The van der Waals surface area contributed by atoms with E-state index in [1.807, 2.05) is 58.9 Å². The van der Waals surface area contributed by atoms with Crippen molar-refractivity contribution in [2.24, 2.45) is 0 Å². The van der Waals surface area contributed by atoms with E-state index in [0.717, 1.165) is 32.7 Å². The molecule has 1 aliphatic rings. The van der Waals surface area contributed by atoms with Crippen molar-refractivity contribution in [1.29, 1.82) is 0 Å². The summed E-state index contributed by atoms with van der Waals surface area (Å²) >= 11 is 1.64. The third-order valence-corrected chi connectivity index (χ3v) is 6.34. The smallest absolute Gasteiger partial charge is 0.246 e. The number of nitrogens with zero attached hydrogens (tertiary/aromatic N) is 4. The lowest BCUT2D eigenvalue weighted by Gasteiger charge is -2.38. The van der Waals surface area contributed by atoms with Crippen molar-refractivity contribution in [3.8, 4) is 17.1 Å². The molecule has 7 nitrogen and oxygen atoms in total. The Balaban J connectivity index is 1.54. The molecule has 8 heteroatoms. The lowest BCUT2D eigenvalue weighted by molar-refractivity contribution is -0.131. The number of amides is 1. The van der Waals surface area contributed by atoms with E-state index in [0.29, 0.717) is 19.0 Å². The lowest BCUT2D eigenvalue weighted by Crippen LogP contribution is -2.50. The first kappa shape index (κ1) is 19.3. The number of thiophene rings is 1. The largest absolute Gasteiger partial charge is 0.481 e. The fourth-order valence-electron chi connectivity index (χ4n) is 3.73. The third-order valence-electron chi connectivity index (χ3n) is 5.41. The third kappa shape index (κ3) is 3.44. The average molecular weight is 432 g/mol. The Labute approximate surface area is 183 Å². The van der Waals surface area contributed by atoms with E-state index < -0.39 is 0 Å². The number of aromatic nitrogens is 3. The van der Waals surface area contributed by atoms with Gasteiger partial charge < -0.3 is 15.0 Å². The monoisotopic (exact) mass is 431 g/mol. The summed E-state index contributed by atoms with van der Waals surface area (Å²) in [5.41, 5.74) is 3.57. The van der Waals surface area contributed by atoms with Gasteiger partial charge in [0.2, 0.25) is 11.8 Å².